The molecule has 2 aliphatic heterocycles. The summed E-state index contributed by atoms with van der Waals surface area (Å²) in [5.41, 5.74) is 0. The zero-order chi connectivity index (χ0) is 13.7. The van der Waals surface area contributed by atoms with Gasteiger partial charge in [-0.05, 0) is 12.8 Å². The minimum Gasteiger partial charge on any atom is -0.377 e. The SMILES string of the molecule is CN(CC1CCCO1)S(=O)(=O)CCN1CCNCC1. The molecule has 2 aliphatic rings. The monoisotopic (exact) mass is 291 g/mol. The number of nitrogens with zero attached hydrogens (tertiary/aromatic N) is 2. The molecule has 0 amide bonds. The Bertz CT molecular complexity index is 362. The van der Waals surface area contributed by atoms with Gasteiger partial charge in [-0.25, -0.2) is 12.7 Å². The highest BCUT2D eigenvalue weighted by molar-refractivity contribution is 7.89. The third-order valence-electron chi connectivity index (χ3n) is 3.83. The molecule has 1 N–H and O–H groups in total. The molecule has 0 bridgehead atoms. The zero-order valence-corrected chi connectivity index (χ0v) is 12.5. The van der Waals surface area contributed by atoms with Gasteiger partial charge in [-0.3, -0.25) is 4.90 Å². The summed E-state index contributed by atoms with van der Waals surface area (Å²) in [6, 6.07) is 0. The van der Waals surface area contributed by atoms with Gasteiger partial charge in [0.1, 0.15) is 0 Å². The summed E-state index contributed by atoms with van der Waals surface area (Å²) in [6.07, 6.45) is 2.09. The van der Waals surface area contributed by atoms with Gasteiger partial charge in [0.15, 0.2) is 0 Å². The van der Waals surface area contributed by atoms with Crippen molar-refractivity contribution in [3.05, 3.63) is 0 Å². The third-order valence-corrected chi connectivity index (χ3v) is 5.63. The topological polar surface area (TPSA) is 61.9 Å². The number of ether oxygens (including phenoxy) is 1. The highest BCUT2D eigenvalue weighted by Crippen LogP contribution is 2.14. The molecule has 6 nitrogen and oxygen atoms in total. The molecule has 0 aromatic rings. The van der Waals surface area contributed by atoms with Crippen LogP contribution in [0.15, 0.2) is 0 Å². The van der Waals surface area contributed by atoms with Crippen molar-refractivity contribution >= 4 is 10.0 Å². The number of piperazine rings is 1. The van der Waals surface area contributed by atoms with Crippen molar-refractivity contribution in [1.82, 2.24) is 14.5 Å². The summed E-state index contributed by atoms with van der Waals surface area (Å²) < 4.78 is 31.3. The minimum atomic E-state index is -3.16. The van der Waals surface area contributed by atoms with E-state index in [2.05, 4.69) is 10.2 Å². The second kappa shape index (κ2) is 6.99. The standard InChI is InChI=1S/C12H25N3O3S/c1-14(11-12-3-2-9-18-12)19(16,17)10-8-15-6-4-13-5-7-15/h12-13H,2-11H2,1H3. The summed E-state index contributed by atoms with van der Waals surface area (Å²) in [4.78, 5) is 2.20. The molecule has 19 heavy (non-hydrogen) atoms. The van der Waals surface area contributed by atoms with Gasteiger partial charge in [0.25, 0.3) is 0 Å². The van der Waals surface area contributed by atoms with Crippen molar-refractivity contribution in [3.63, 3.8) is 0 Å². The number of rotatable bonds is 6. The van der Waals surface area contributed by atoms with Gasteiger partial charge in [0, 0.05) is 52.9 Å². The van der Waals surface area contributed by atoms with Crippen LogP contribution in [0.4, 0.5) is 0 Å². The predicted molar refractivity (Wildman–Crippen MR) is 74.7 cm³/mol. The lowest BCUT2D eigenvalue weighted by molar-refractivity contribution is 0.0978. The van der Waals surface area contributed by atoms with Gasteiger partial charge in [-0.1, -0.05) is 0 Å². The minimum absolute atomic E-state index is 0.0824. The number of likely N-dealkylation sites (N-methyl/N-ethyl adjacent to an activating group) is 1. The van der Waals surface area contributed by atoms with Crippen molar-refractivity contribution in [1.29, 1.82) is 0 Å². The highest BCUT2D eigenvalue weighted by atomic mass is 32.2. The van der Waals surface area contributed by atoms with Crippen LogP contribution in [-0.2, 0) is 14.8 Å². The predicted octanol–water partition coefficient (Wildman–Crippen LogP) is -0.668. The third kappa shape index (κ3) is 4.68. The lowest BCUT2D eigenvalue weighted by Gasteiger charge is -2.28. The van der Waals surface area contributed by atoms with Crippen LogP contribution in [0.2, 0.25) is 0 Å². The van der Waals surface area contributed by atoms with Gasteiger partial charge in [0.2, 0.25) is 10.0 Å². The van der Waals surface area contributed by atoms with E-state index in [1.54, 1.807) is 7.05 Å². The van der Waals surface area contributed by atoms with Crippen molar-refractivity contribution in [2.75, 3.05) is 58.7 Å². The molecular weight excluding hydrogens is 266 g/mol. The van der Waals surface area contributed by atoms with Gasteiger partial charge in [0.05, 0.1) is 11.9 Å². The highest BCUT2D eigenvalue weighted by Gasteiger charge is 2.25. The molecule has 2 heterocycles. The summed E-state index contributed by atoms with van der Waals surface area (Å²) in [7, 11) is -1.49. The number of hydrogen-bond acceptors (Lipinski definition) is 5. The van der Waals surface area contributed by atoms with Crippen LogP contribution in [-0.4, -0.2) is 82.4 Å². The van der Waals surface area contributed by atoms with Crippen LogP contribution in [0.3, 0.4) is 0 Å². The van der Waals surface area contributed by atoms with Crippen molar-refractivity contribution < 1.29 is 13.2 Å². The van der Waals surface area contributed by atoms with Gasteiger partial charge < -0.3 is 10.1 Å². The van der Waals surface area contributed by atoms with Gasteiger partial charge >= 0.3 is 0 Å². The fourth-order valence-electron chi connectivity index (χ4n) is 2.52. The number of nitrogens with one attached hydrogen (secondary N) is 1. The molecule has 0 saturated carbocycles. The Kier molecular flexibility index (Phi) is 5.58. The second-order valence-electron chi connectivity index (χ2n) is 5.32. The van der Waals surface area contributed by atoms with Crippen molar-refractivity contribution in [2.24, 2.45) is 0 Å². The quantitative estimate of drug-likeness (QED) is 0.703. The van der Waals surface area contributed by atoms with E-state index < -0.39 is 10.0 Å². The second-order valence-corrected chi connectivity index (χ2v) is 7.52. The normalized spacial score (nSPS) is 26.1. The van der Waals surface area contributed by atoms with Crippen LogP contribution >= 0.6 is 0 Å². The van der Waals surface area contributed by atoms with Crippen LogP contribution in [0.1, 0.15) is 12.8 Å². The Morgan fingerprint density at radius 1 is 1.37 bits per heavy atom. The van der Waals surface area contributed by atoms with Crippen LogP contribution in [0.5, 0.6) is 0 Å². The van der Waals surface area contributed by atoms with E-state index in [-0.39, 0.29) is 11.9 Å². The fraction of sp³-hybridized carbons (Fsp3) is 1.00. The first-order valence-corrected chi connectivity index (χ1v) is 8.67. The zero-order valence-electron chi connectivity index (χ0n) is 11.7. The molecule has 1 unspecified atom stereocenters. The van der Waals surface area contributed by atoms with E-state index in [0.29, 0.717) is 13.1 Å². The molecular formula is C12H25N3O3S. The summed E-state index contributed by atoms with van der Waals surface area (Å²) in [6.45, 7) is 5.65. The average Bonchev–Trinajstić information content (AvgIpc) is 2.90. The van der Waals surface area contributed by atoms with E-state index in [9.17, 15) is 8.42 Å². The van der Waals surface area contributed by atoms with Gasteiger partial charge in [-0.15, -0.1) is 0 Å². The maximum atomic E-state index is 12.2. The molecule has 0 aliphatic carbocycles. The molecule has 0 spiro atoms. The Hall–Kier alpha value is -0.210. The molecule has 0 aromatic carbocycles. The number of sulfonamides is 1. The lowest BCUT2D eigenvalue weighted by Crippen LogP contribution is -2.46. The number of hydrogen-bond donors (Lipinski definition) is 1. The molecule has 7 heteroatoms. The van der Waals surface area contributed by atoms with Crippen molar-refractivity contribution in [2.45, 2.75) is 18.9 Å². The Morgan fingerprint density at radius 3 is 2.74 bits per heavy atom. The Balaban J connectivity index is 1.75. The molecule has 1 atom stereocenters. The first-order chi connectivity index (χ1) is 9.08. The maximum absolute atomic E-state index is 12.2. The van der Waals surface area contributed by atoms with E-state index in [1.165, 1.54) is 4.31 Å². The molecule has 0 radical (unpaired) electrons. The first kappa shape index (κ1) is 15.2. The summed E-state index contributed by atoms with van der Waals surface area (Å²) >= 11 is 0. The van der Waals surface area contributed by atoms with Crippen molar-refractivity contribution in [3.8, 4) is 0 Å². The summed E-state index contributed by atoms with van der Waals surface area (Å²) in [5, 5.41) is 3.26. The van der Waals surface area contributed by atoms with E-state index in [0.717, 1.165) is 45.6 Å². The molecule has 2 saturated heterocycles. The van der Waals surface area contributed by atoms with Crippen LogP contribution in [0, 0.1) is 0 Å². The molecule has 2 fully saturated rings. The van der Waals surface area contributed by atoms with Gasteiger partial charge in [-0.2, -0.15) is 0 Å². The first-order valence-electron chi connectivity index (χ1n) is 7.06. The lowest BCUT2D eigenvalue weighted by atomic mass is 10.2. The largest absolute Gasteiger partial charge is 0.377 e. The summed E-state index contributed by atoms with van der Waals surface area (Å²) in [5.74, 6) is 0.205. The molecule has 112 valence electrons. The smallest absolute Gasteiger partial charge is 0.215 e. The average molecular weight is 291 g/mol. The Morgan fingerprint density at radius 2 is 2.11 bits per heavy atom. The fourth-order valence-corrected chi connectivity index (χ4v) is 3.72. The Labute approximate surface area is 116 Å². The van der Waals surface area contributed by atoms with E-state index >= 15 is 0 Å². The maximum Gasteiger partial charge on any atom is 0.215 e. The molecule has 2 rings (SSSR count). The molecule has 0 aromatic heterocycles. The van der Waals surface area contributed by atoms with E-state index in [1.807, 2.05) is 0 Å². The van der Waals surface area contributed by atoms with Crippen LogP contribution < -0.4 is 5.32 Å². The van der Waals surface area contributed by atoms with Crippen LogP contribution in [0.25, 0.3) is 0 Å². The van der Waals surface area contributed by atoms with E-state index in [4.69, 9.17) is 4.74 Å².